The number of pyridine rings is 1. The van der Waals surface area contributed by atoms with Crippen LogP contribution >= 0.6 is 27.3 Å². The maximum absolute atomic E-state index is 13.1. The number of rotatable bonds is 6. The van der Waals surface area contributed by atoms with E-state index in [2.05, 4.69) is 27.5 Å². The van der Waals surface area contributed by atoms with Crippen molar-refractivity contribution in [1.82, 2.24) is 4.98 Å². The number of aromatic amines is 1. The molecule has 0 unspecified atom stereocenters. The summed E-state index contributed by atoms with van der Waals surface area (Å²) in [6.45, 7) is 5.91. The van der Waals surface area contributed by atoms with Gasteiger partial charge in [-0.1, -0.05) is 40.7 Å². The highest BCUT2D eigenvalue weighted by atomic mass is 79.9. The van der Waals surface area contributed by atoms with Crippen LogP contribution in [0.5, 0.6) is 11.5 Å². The summed E-state index contributed by atoms with van der Waals surface area (Å²) in [6.07, 6.45) is 5.65. The van der Waals surface area contributed by atoms with Gasteiger partial charge in [0.05, 0.1) is 25.3 Å². The third-order valence-electron chi connectivity index (χ3n) is 4.36. The van der Waals surface area contributed by atoms with Crippen molar-refractivity contribution in [2.24, 2.45) is 0 Å². The second kappa shape index (κ2) is 8.63. The molecule has 2 heterocycles. The van der Waals surface area contributed by atoms with Crippen molar-refractivity contribution < 1.29 is 9.47 Å². The molecule has 1 N–H and O–H groups in total. The zero-order chi connectivity index (χ0) is 20.3. The van der Waals surface area contributed by atoms with Gasteiger partial charge in [0.15, 0.2) is 11.5 Å². The molecule has 3 aromatic rings. The number of benzene rings is 1. The molecule has 3 rings (SSSR count). The highest BCUT2D eigenvalue weighted by molar-refractivity contribution is 9.11. The van der Waals surface area contributed by atoms with Crippen LogP contribution < -0.4 is 15.0 Å². The predicted octanol–water partition coefficient (Wildman–Crippen LogP) is 6.14. The Balaban J connectivity index is 2.52. The molecule has 0 spiro atoms. The highest BCUT2D eigenvalue weighted by Gasteiger charge is 2.19. The number of H-pyrrole nitrogens is 1. The first-order valence-corrected chi connectivity index (χ1v) is 10.2. The van der Waals surface area contributed by atoms with Gasteiger partial charge >= 0.3 is 0 Å². The van der Waals surface area contributed by atoms with Crippen LogP contribution in [0.1, 0.15) is 12.5 Å². The van der Waals surface area contributed by atoms with Crippen LogP contribution in [0.25, 0.3) is 26.9 Å². The Labute approximate surface area is 176 Å². The topological polar surface area (TPSA) is 51.3 Å². The van der Waals surface area contributed by atoms with Gasteiger partial charge in [-0.2, -0.15) is 0 Å². The van der Waals surface area contributed by atoms with Crippen molar-refractivity contribution in [2.75, 3.05) is 14.2 Å². The third kappa shape index (κ3) is 3.70. The Morgan fingerprint density at radius 3 is 2.54 bits per heavy atom. The fourth-order valence-electron chi connectivity index (χ4n) is 3.04. The van der Waals surface area contributed by atoms with Gasteiger partial charge in [0.25, 0.3) is 5.56 Å². The van der Waals surface area contributed by atoms with Crippen molar-refractivity contribution >= 4 is 43.7 Å². The molecule has 0 aliphatic heterocycles. The quantitative estimate of drug-likeness (QED) is 0.452. The molecule has 0 saturated carbocycles. The van der Waals surface area contributed by atoms with Gasteiger partial charge in [0, 0.05) is 26.4 Å². The monoisotopic (exact) mass is 457 g/mol. The fraction of sp³-hybridized carbons (Fsp3) is 0.136. The molecule has 144 valence electrons. The minimum atomic E-state index is -0.165. The zero-order valence-corrected chi connectivity index (χ0v) is 18.2. The summed E-state index contributed by atoms with van der Waals surface area (Å²) < 4.78 is 11.8. The second-order valence-electron chi connectivity index (χ2n) is 5.91. The Kier molecular flexibility index (Phi) is 6.21. The van der Waals surface area contributed by atoms with Crippen LogP contribution in [0, 0.1) is 0 Å². The lowest BCUT2D eigenvalue weighted by Crippen LogP contribution is -2.12. The van der Waals surface area contributed by atoms with Gasteiger partial charge in [-0.25, -0.2) is 0 Å². The molecule has 0 aliphatic rings. The number of nitrogens with one attached hydrogen (secondary N) is 1. The molecule has 0 fully saturated rings. The summed E-state index contributed by atoms with van der Waals surface area (Å²) >= 11 is 5.05. The minimum Gasteiger partial charge on any atom is -0.493 e. The number of ether oxygens (including phenoxy) is 2. The normalized spacial score (nSPS) is 12.3. The largest absolute Gasteiger partial charge is 0.493 e. The summed E-state index contributed by atoms with van der Waals surface area (Å²) in [5.74, 6) is 1.15. The van der Waals surface area contributed by atoms with E-state index >= 15 is 0 Å². The number of hydrogen-bond donors (Lipinski definition) is 1. The van der Waals surface area contributed by atoms with Crippen LogP contribution in [0.3, 0.4) is 0 Å². The molecular weight excluding hydrogens is 438 g/mol. The number of thiophene rings is 1. The van der Waals surface area contributed by atoms with Crippen molar-refractivity contribution in [3.63, 3.8) is 0 Å². The van der Waals surface area contributed by atoms with E-state index in [1.165, 1.54) is 11.3 Å². The van der Waals surface area contributed by atoms with E-state index in [1.54, 1.807) is 26.4 Å². The maximum atomic E-state index is 13.1. The summed E-state index contributed by atoms with van der Waals surface area (Å²) in [6, 6.07) is 7.54. The Morgan fingerprint density at radius 2 is 1.96 bits per heavy atom. The van der Waals surface area contributed by atoms with E-state index in [9.17, 15) is 4.79 Å². The van der Waals surface area contributed by atoms with Gasteiger partial charge in [-0.15, -0.1) is 11.3 Å². The molecular formula is C22H20BrNO3S. The molecule has 0 aliphatic carbocycles. The van der Waals surface area contributed by atoms with E-state index in [-0.39, 0.29) is 5.56 Å². The predicted molar refractivity (Wildman–Crippen MR) is 122 cm³/mol. The number of aromatic nitrogens is 1. The van der Waals surface area contributed by atoms with E-state index in [0.29, 0.717) is 22.6 Å². The van der Waals surface area contributed by atoms with Crippen LogP contribution in [0.2, 0.25) is 0 Å². The molecule has 0 bridgehead atoms. The summed E-state index contributed by atoms with van der Waals surface area (Å²) in [7, 11) is 3.16. The summed E-state index contributed by atoms with van der Waals surface area (Å²) in [5.41, 5.74) is 2.74. The lowest BCUT2D eigenvalue weighted by Gasteiger charge is -2.15. The molecule has 4 nitrogen and oxygen atoms in total. The average molecular weight is 458 g/mol. The maximum Gasteiger partial charge on any atom is 0.257 e. The molecule has 1 aromatic carbocycles. The molecule has 0 atom stereocenters. The first-order chi connectivity index (χ1) is 13.5. The molecule has 0 saturated heterocycles. The number of methoxy groups -OCH3 is 2. The van der Waals surface area contributed by atoms with E-state index in [0.717, 1.165) is 25.9 Å². The van der Waals surface area contributed by atoms with E-state index in [1.807, 2.05) is 42.7 Å². The Bertz CT molecular complexity index is 1140. The van der Waals surface area contributed by atoms with Crippen molar-refractivity contribution in [2.45, 2.75) is 6.92 Å². The molecule has 2 aromatic heterocycles. The van der Waals surface area contributed by atoms with Gasteiger partial charge in [-0.05, 0) is 36.1 Å². The lowest BCUT2D eigenvalue weighted by atomic mass is 9.94. The van der Waals surface area contributed by atoms with Gasteiger partial charge in [0.1, 0.15) is 0 Å². The number of fused-ring (bicyclic) bond motifs is 1. The Hall–Kier alpha value is -2.57. The summed E-state index contributed by atoms with van der Waals surface area (Å²) in [4.78, 5) is 16.9. The first-order valence-electron chi connectivity index (χ1n) is 8.56. The third-order valence-corrected chi connectivity index (χ3v) is 5.94. The smallest absolute Gasteiger partial charge is 0.257 e. The average Bonchev–Trinajstić information content (AvgIpc) is 3.24. The van der Waals surface area contributed by atoms with Crippen molar-refractivity contribution in [1.29, 1.82) is 0 Å². The van der Waals surface area contributed by atoms with Crippen LogP contribution in [-0.2, 0) is 0 Å². The van der Waals surface area contributed by atoms with Crippen LogP contribution in [0.4, 0.5) is 0 Å². The summed E-state index contributed by atoms with van der Waals surface area (Å²) in [5, 5.41) is 2.81. The fourth-order valence-corrected chi connectivity index (χ4v) is 4.06. The lowest BCUT2D eigenvalue weighted by molar-refractivity contribution is 0.356. The highest BCUT2D eigenvalue weighted by Crippen LogP contribution is 2.39. The number of halogens is 1. The van der Waals surface area contributed by atoms with E-state index < -0.39 is 0 Å². The number of hydrogen-bond acceptors (Lipinski definition) is 4. The van der Waals surface area contributed by atoms with Gasteiger partial charge in [0.2, 0.25) is 0 Å². The van der Waals surface area contributed by atoms with Crippen LogP contribution in [0.15, 0.2) is 63.7 Å². The first kappa shape index (κ1) is 20.2. The second-order valence-corrected chi connectivity index (χ2v) is 7.77. The van der Waals surface area contributed by atoms with Crippen LogP contribution in [-0.4, -0.2) is 19.2 Å². The SMILES string of the molecule is C=C/C(=C\C(Br)=C/C)c1c(-c2cccs2)c(=O)[nH]c2cc(OC)c(OC)cc12. The molecule has 6 heteroatoms. The van der Waals surface area contributed by atoms with Crippen molar-refractivity contribution in [3.05, 3.63) is 74.9 Å². The minimum absolute atomic E-state index is 0.165. The molecule has 28 heavy (non-hydrogen) atoms. The molecule has 0 amide bonds. The zero-order valence-electron chi connectivity index (χ0n) is 15.8. The van der Waals surface area contributed by atoms with Gasteiger partial charge < -0.3 is 14.5 Å². The Morgan fingerprint density at radius 1 is 1.25 bits per heavy atom. The van der Waals surface area contributed by atoms with Gasteiger partial charge in [-0.3, -0.25) is 4.79 Å². The van der Waals surface area contributed by atoms with Crippen molar-refractivity contribution in [3.8, 4) is 21.9 Å². The number of allylic oxidation sites excluding steroid dienone is 5. The molecule has 0 radical (unpaired) electrons. The van der Waals surface area contributed by atoms with E-state index in [4.69, 9.17) is 9.47 Å². The standard InChI is InChI=1S/C22H20BrNO3S/c1-5-13(10-14(23)6-2)20-15-11-17(26-3)18(27-4)12-16(15)24-22(25)21(20)19-8-7-9-28-19/h5-12H,1H2,2-4H3,(H,24,25)/b13-10+,14-6+.